The molecule has 1 aromatic heterocycles. The Kier molecular flexibility index (Phi) is 3.71. The van der Waals surface area contributed by atoms with Gasteiger partial charge in [-0.1, -0.05) is 18.2 Å². The van der Waals surface area contributed by atoms with Gasteiger partial charge in [0.2, 0.25) is 0 Å². The van der Waals surface area contributed by atoms with Gasteiger partial charge in [-0.15, -0.1) is 0 Å². The Morgan fingerprint density at radius 1 is 1.36 bits per heavy atom. The van der Waals surface area contributed by atoms with Crippen molar-refractivity contribution < 1.29 is 4.79 Å². The summed E-state index contributed by atoms with van der Waals surface area (Å²) in [5.74, 6) is 0.483. The van der Waals surface area contributed by atoms with E-state index < -0.39 is 6.03 Å². The smallest absolute Gasteiger partial charge is 0.317 e. The quantitative estimate of drug-likeness (QED) is 0.796. The Labute approximate surface area is 129 Å². The molecule has 2 amide bonds. The number of carbonyl (C=O) groups is 1. The highest BCUT2D eigenvalue weighted by molar-refractivity contribution is 5.88. The van der Waals surface area contributed by atoms with Gasteiger partial charge in [0.25, 0.3) is 0 Å². The number of rotatable bonds is 2. The number of amides is 2. The van der Waals surface area contributed by atoms with Crippen molar-refractivity contribution in [3.63, 3.8) is 0 Å². The molecule has 1 aliphatic heterocycles. The average Bonchev–Trinajstić information content (AvgIpc) is 2.49. The molecule has 3 rings (SSSR count). The highest BCUT2D eigenvalue weighted by atomic mass is 16.2. The molecule has 4 N–H and O–H groups in total. The van der Waals surface area contributed by atoms with E-state index >= 15 is 0 Å². The molecule has 0 bridgehead atoms. The number of hydrogen-bond donors (Lipinski definition) is 3. The fourth-order valence-electron chi connectivity index (χ4n) is 2.89. The second-order valence-corrected chi connectivity index (χ2v) is 5.65. The number of nitrogens with two attached hydrogens (primary N) is 1. The molecule has 0 spiro atoms. The number of fused-ring (bicyclic) bond motifs is 1. The Balaban J connectivity index is 2.20. The predicted octanol–water partition coefficient (Wildman–Crippen LogP) is 3.21. The molecule has 0 aliphatic carbocycles. The van der Waals surface area contributed by atoms with E-state index in [9.17, 15) is 4.79 Å². The summed E-state index contributed by atoms with van der Waals surface area (Å²) in [4.78, 5) is 15.8. The summed E-state index contributed by atoms with van der Waals surface area (Å²) in [7, 11) is 0. The number of nitrogens with one attached hydrogen (secondary N) is 2. The van der Waals surface area contributed by atoms with Crippen LogP contribution in [-0.4, -0.2) is 17.6 Å². The number of aromatic nitrogens is 1. The van der Waals surface area contributed by atoms with Gasteiger partial charge in [0, 0.05) is 29.4 Å². The molecular formula is C17H20N4O. The van der Waals surface area contributed by atoms with Crippen LogP contribution in [0.1, 0.15) is 23.1 Å². The van der Waals surface area contributed by atoms with E-state index in [2.05, 4.69) is 41.6 Å². The highest BCUT2D eigenvalue weighted by Crippen LogP contribution is 2.35. The molecule has 1 aliphatic rings. The van der Waals surface area contributed by atoms with E-state index in [0.717, 1.165) is 36.3 Å². The van der Waals surface area contributed by atoms with Crippen molar-refractivity contribution >= 4 is 17.5 Å². The van der Waals surface area contributed by atoms with Gasteiger partial charge >= 0.3 is 6.03 Å². The maximum Gasteiger partial charge on any atom is 0.317 e. The molecule has 5 nitrogen and oxygen atoms in total. The second-order valence-electron chi connectivity index (χ2n) is 5.65. The fourth-order valence-corrected chi connectivity index (χ4v) is 2.89. The van der Waals surface area contributed by atoms with Gasteiger partial charge in [0.1, 0.15) is 5.82 Å². The zero-order valence-corrected chi connectivity index (χ0v) is 12.9. The molecule has 114 valence electrons. The van der Waals surface area contributed by atoms with Gasteiger partial charge in [-0.25, -0.2) is 9.78 Å². The standard InChI is InChI=1S/C17H20N4O/c1-10-5-3-6-12(11(10)2)16-13-7-4-8-19-14(13)9-15(20-16)21-17(18)22/h3,5-6,9,19H,4,7-8H2,1-2H3,(H3,18,20,21,22). The first-order chi connectivity index (χ1) is 10.6. The van der Waals surface area contributed by atoms with E-state index in [1.54, 1.807) is 0 Å². The maximum absolute atomic E-state index is 11.2. The number of urea groups is 1. The third-order valence-electron chi connectivity index (χ3n) is 4.15. The Morgan fingerprint density at radius 2 is 2.18 bits per heavy atom. The number of hydrogen-bond acceptors (Lipinski definition) is 3. The van der Waals surface area contributed by atoms with Crippen molar-refractivity contribution in [1.82, 2.24) is 4.98 Å². The van der Waals surface area contributed by atoms with E-state index in [4.69, 9.17) is 5.73 Å². The lowest BCUT2D eigenvalue weighted by Gasteiger charge is -2.22. The lowest BCUT2D eigenvalue weighted by atomic mass is 9.93. The molecule has 0 radical (unpaired) electrons. The summed E-state index contributed by atoms with van der Waals surface area (Å²) in [6, 6.07) is 7.46. The van der Waals surface area contributed by atoms with Crippen LogP contribution in [0.3, 0.4) is 0 Å². The third-order valence-corrected chi connectivity index (χ3v) is 4.15. The minimum absolute atomic E-state index is 0.483. The lowest BCUT2D eigenvalue weighted by molar-refractivity contribution is 0.259. The summed E-state index contributed by atoms with van der Waals surface area (Å²) in [6.07, 6.45) is 2.06. The Morgan fingerprint density at radius 3 is 2.95 bits per heavy atom. The van der Waals surface area contributed by atoms with Crippen molar-refractivity contribution in [2.45, 2.75) is 26.7 Å². The van der Waals surface area contributed by atoms with Crippen LogP contribution in [0.25, 0.3) is 11.3 Å². The molecule has 2 aromatic rings. The van der Waals surface area contributed by atoms with Crippen LogP contribution in [0.5, 0.6) is 0 Å². The van der Waals surface area contributed by atoms with Crippen molar-refractivity contribution in [1.29, 1.82) is 0 Å². The van der Waals surface area contributed by atoms with Crippen molar-refractivity contribution in [3.05, 3.63) is 41.0 Å². The van der Waals surface area contributed by atoms with Crippen LogP contribution in [-0.2, 0) is 6.42 Å². The molecule has 0 atom stereocenters. The van der Waals surface area contributed by atoms with E-state index in [1.165, 1.54) is 16.7 Å². The van der Waals surface area contributed by atoms with Gasteiger partial charge in [-0.05, 0) is 37.8 Å². The Hall–Kier alpha value is -2.56. The van der Waals surface area contributed by atoms with Gasteiger partial charge in [0.05, 0.1) is 5.69 Å². The maximum atomic E-state index is 11.2. The number of anilines is 2. The number of aryl methyl sites for hydroxylation is 1. The van der Waals surface area contributed by atoms with Crippen LogP contribution in [0, 0.1) is 13.8 Å². The summed E-state index contributed by atoms with van der Waals surface area (Å²) in [5, 5.41) is 5.98. The predicted molar refractivity (Wildman–Crippen MR) is 89.2 cm³/mol. The molecule has 0 fully saturated rings. The normalized spacial score (nSPS) is 13.2. The van der Waals surface area contributed by atoms with E-state index in [0.29, 0.717) is 5.82 Å². The molecule has 0 unspecified atom stereocenters. The topological polar surface area (TPSA) is 80.0 Å². The first-order valence-corrected chi connectivity index (χ1v) is 7.47. The summed E-state index contributed by atoms with van der Waals surface area (Å²) in [6.45, 7) is 5.12. The van der Waals surface area contributed by atoms with Crippen LogP contribution in [0.2, 0.25) is 0 Å². The first-order valence-electron chi connectivity index (χ1n) is 7.47. The van der Waals surface area contributed by atoms with Gasteiger partial charge in [-0.3, -0.25) is 5.32 Å². The molecule has 1 aromatic carbocycles. The van der Waals surface area contributed by atoms with E-state index in [-0.39, 0.29) is 0 Å². The van der Waals surface area contributed by atoms with Gasteiger partial charge < -0.3 is 11.1 Å². The molecule has 0 saturated heterocycles. The van der Waals surface area contributed by atoms with Crippen molar-refractivity contribution in [3.8, 4) is 11.3 Å². The monoisotopic (exact) mass is 296 g/mol. The first kappa shape index (κ1) is 14.4. The fraction of sp³-hybridized carbons (Fsp3) is 0.294. The molecule has 0 saturated carbocycles. The molecule has 22 heavy (non-hydrogen) atoms. The summed E-state index contributed by atoms with van der Waals surface area (Å²) < 4.78 is 0. The average molecular weight is 296 g/mol. The minimum atomic E-state index is -0.602. The highest BCUT2D eigenvalue weighted by Gasteiger charge is 2.19. The molecular weight excluding hydrogens is 276 g/mol. The van der Waals surface area contributed by atoms with Gasteiger partial charge in [-0.2, -0.15) is 0 Å². The SMILES string of the molecule is Cc1cccc(-c2nc(NC(N)=O)cc3c2CCCN3)c1C. The lowest BCUT2D eigenvalue weighted by Crippen LogP contribution is -2.21. The van der Waals surface area contributed by atoms with Crippen LogP contribution >= 0.6 is 0 Å². The zero-order valence-electron chi connectivity index (χ0n) is 12.9. The molecule has 2 heterocycles. The van der Waals surface area contributed by atoms with Crippen LogP contribution < -0.4 is 16.4 Å². The van der Waals surface area contributed by atoms with Gasteiger partial charge in [0.15, 0.2) is 0 Å². The Bertz CT molecular complexity index is 740. The molecule has 5 heteroatoms. The van der Waals surface area contributed by atoms with Crippen LogP contribution in [0.4, 0.5) is 16.3 Å². The third kappa shape index (κ3) is 2.62. The zero-order chi connectivity index (χ0) is 15.7. The minimum Gasteiger partial charge on any atom is -0.385 e. The number of pyridine rings is 1. The van der Waals surface area contributed by atoms with Crippen molar-refractivity contribution in [2.24, 2.45) is 5.73 Å². The number of primary amides is 1. The van der Waals surface area contributed by atoms with Crippen molar-refractivity contribution in [2.75, 3.05) is 17.2 Å². The largest absolute Gasteiger partial charge is 0.385 e. The van der Waals surface area contributed by atoms with E-state index in [1.807, 2.05) is 12.1 Å². The van der Waals surface area contributed by atoms with Crippen LogP contribution in [0.15, 0.2) is 24.3 Å². The number of nitrogens with zero attached hydrogens (tertiary/aromatic N) is 1. The second kappa shape index (κ2) is 5.67. The number of benzene rings is 1. The summed E-state index contributed by atoms with van der Waals surface area (Å²) in [5.41, 5.74) is 11.9. The summed E-state index contributed by atoms with van der Waals surface area (Å²) >= 11 is 0. The number of carbonyl (C=O) groups excluding carboxylic acids is 1.